The van der Waals surface area contributed by atoms with E-state index >= 15 is 0 Å². The van der Waals surface area contributed by atoms with Crippen LogP contribution >= 0.6 is 11.6 Å². The van der Waals surface area contributed by atoms with Crippen LogP contribution in [0.1, 0.15) is 15.9 Å². The van der Waals surface area contributed by atoms with E-state index in [9.17, 15) is 14.9 Å². The largest absolute Gasteiger partial charge is 0.478 e. The fraction of sp³-hybridized carbons (Fsp3) is 0. The Balaban J connectivity index is 2.07. The highest BCUT2D eigenvalue weighted by Crippen LogP contribution is 2.20. The summed E-state index contributed by atoms with van der Waals surface area (Å²) < 4.78 is 0. The van der Waals surface area contributed by atoms with Gasteiger partial charge >= 0.3 is 5.97 Å². The van der Waals surface area contributed by atoms with Gasteiger partial charge in [-0.05, 0) is 35.9 Å². The van der Waals surface area contributed by atoms with Gasteiger partial charge in [0.15, 0.2) is 0 Å². The van der Waals surface area contributed by atoms with Crippen molar-refractivity contribution in [1.82, 2.24) is 0 Å². The third-order valence-corrected chi connectivity index (χ3v) is 3.04. The molecule has 0 spiro atoms. The molecule has 0 aliphatic rings. The van der Waals surface area contributed by atoms with Crippen molar-refractivity contribution in [3.05, 3.63) is 68.7 Å². The molecule has 22 heavy (non-hydrogen) atoms. The lowest BCUT2D eigenvalue weighted by atomic mass is 10.2. The zero-order valence-electron chi connectivity index (χ0n) is 11.1. The number of non-ortho nitro benzene ring substituents is 1. The molecular formula is C14H10ClN3O4. The average Bonchev–Trinajstić information content (AvgIpc) is 2.49. The van der Waals surface area contributed by atoms with Gasteiger partial charge in [-0.2, -0.15) is 5.10 Å². The predicted octanol–water partition coefficient (Wildman–Crippen LogP) is 3.39. The third-order valence-electron chi connectivity index (χ3n) is 2.71. The van der Waals surface area contributed by atoms with Gasteiger partial charge in [-0.1, -0.05) is 11.6 Å². The number of nitro groups is 1. The topological polar surface area (TPSA) is 105 Å². The molecule has 0 aromatic heterocycles. The number of hydrogen-bond acceptors (Lipinski definition) is 5. The molecule has 112 valence electrons. The van der Waals surface area contributed by atoms with E-state index in [1.165, 1.54) is 30.5 Å². The minimum Gasteiger partial charge on any atom is -0.478 e. The molecule has 0 heterocycles. The molecule has 0 amide bonds. The van der Waals surface area contributed by atoms with Gasteiger partial charge in [0, 0.05) is 12.1 Å². The molecule has 0 saturated carbocycles. The number of carbonyl (C=O) groups is 1. The maximum Gasteiger partial charge on any atom is 0.337 e. The first kappa shape index (κ1) is 15.5. The Morgan fingerprint density at radius 2 is 1.95 bits per heavy atom. The number of hydrogen-bond donors (Lipinski definition) is 2. The fourth-order valence-electron chi connectivity index (χ4n) is 1.62. The summed E-state index contributed by atoms with van der Waals surface area (Å²) in [6, 6.07) is 10.2. The number of hydrazone groups is 1. The van der Waals surface area contributed by atoms with Crippen molar-refractivity contribution < 1.29 is 14.8 Å². The minimum atomic E-state index is -1.13. The van der Waals surface area contributed by atoms with Crippen LogP contribution in [-0.2, 0) is 0 Å². The Labute approximate surface area is 130 Å². The molecule has 0 aliphatic carbocycles. The second kappa shape index (κ2) is 6.68. The highest BCUT2D eigenvalue weighted by Gasteiger charge is 2.08. The van der Waals surface area contributed by atoms with Gasteiger partial charge in [0.05, 0.1) is 27.4 Å². The molecule has 0 bridgehead atoms. The summed E-state index contributed by atoms with van der Waals surface area (Å²) in [5, 5.41) is 23.6. The molecule has 2 N–H and O–H groups in total. The molecule has 0 fully saturated rings. The molecule has 0 atom stereocenters. The maximum atomic E-state index is 11.0. The van der Waals surface area contributed by atoms with E-state index in [1.54, 1.807) is 18.2 Å². The number of carboxylic acid groups (broad SMARTS) is 1. The first-order valence-electron chi connectivity index (χ1n) is 6.04. The summed E-state index contributed by atoms with van der Waals surface area (Å²) in [5.41, 5.74) is 3.75. The predicted molar refractivity (Wildman–Crippen MR) is 82.7 cm³/mol. The average molecular weight is 320 g/mol. The number of carboxylic acids is 1. The summed E-state index contributed by atoms with van der Waals surface area (Å²) in [4.78, 5) is 21.0. The van der Waals surface area contributed by atoms with Crippen LogP contribution in [0.2, 0.25) is 5.02 Å². The molecule has 7 nitrogen and oxygen atoms in total. The Hall–Kier alpha value is -2.93. The number of anilines is 1. The number of halogens is 1. The summed E-state index contributed by atoms with van der Waals surface area (Å²) in [5.74, 6) is -1.13. The fourth-order valence-corrected chi connectivity index (χ4v) is 1.82. The molecular weight excluding hydrogens is 310 g/mol. The van der Waals surface area contributed by atoms with Crippen molar-refractivity contribution in [3.63, 3.8) is 0 Å². The van der Waals surface area contributed by atoms with Crippen LogP contribution in [0.15, 0.2) is 47.6 Å². The summed E-state index contributed by atoms with van der Waals surface area (Å²) in [7, 11) is 0. The van der Waals surface area contributed by atoms with E-state index in [2.05, 4.69) is 10.5 Å². The summed E-state index contributed by atoms with van der Waals surface area (Å²) >= 11 is 5.76. The second-order valence-electron chi connectivity index (χ2n) is 4.22. The summed E-state index contributed by atoms with van der Waals surface area (Å²) in [6.45, 7) is 0. The Morgan fingerprint density at radius 1 is 1.27 bits per heavy atom. The highest BCUT2D eigenvalue weighted by atomic mass is 35.5. The van der Waals surface area contributed by atoms with E-state index < -0.39 is 10.9 Å². The maximum absolute atomic E-state index is 11.0. The van der Waals surface area contributed by atoms with Gasteiger partial charge in [-0.25, -0.2) is 4.79 Å². The Kier molecular flexibility index (Phi) is 4.70. The second-order valence-corrected chi connectivity index (χ2v) is 4.63. The van der Waals surface area contributed by atoms with Crippen LogP contribution in [0, 0.1) is 10.1 Å². The Morgan fingerprint density at radius 3 is 2.55 bits per heavy atom. The molecule has 0 aliphatic heterocycles. The van der Waals surface area contributed by atoms with E-state index in [0.717, 1.165) is 0 Å². The first-order valence-corrected chi connectivity index (χ1v) is 6.41. The molecule has 0 radical (unpaired) electrons. The first-order chi connectivity index (χ1) is 10.5. The van der Waals surface area contributed by atoms with Crippen molar-refractivity contribution in [1.29, 1.82) is 0 Å². The minimum absolute atomic E-state index is 0.00564. The van der Waals surface area contributed by atoms with Gasteiger partial charge in [-0.3, -0.25) is 15.5 Å². The van der Waals surface area contributed by atoms with Crippen LogP contribution in [0.3, 0.4) is 0 Å². The highest BCUT2D eigenvalue weighted by molar-refractivity contribution is 6.33. The number of nitro benzene ring substituents is 1. The van der Waals surface area contributed by atoms with Crippen LogP contribution in [-0.4, -0.2) is 22.2 Å². The van der Waals surface area contributed by atoms with Gasteiger partial charge in [0.25, 0.3) is 5.69 Å². The normalized spacial score (nSPS) is 10.6. The van der Waals surface area contributed by atoms with Crippen molar-refractivity contribution in [2.24, 2.45) is 5.10 Å². The monoisotopic (exact) mass is 319 g/mol. The Bertz CT molecular complexity index is 744. The van der Waals surface area contributed by atoms with Crippen LogP contribution < -0.4 is 5.43 Å². The van der Waals surface area contributed by atoms with Crippen molar-refractivity contribution in [2.75, 3.05) is 5.43 Å². The number of aromatic carboxylic acids is 1. The van der Waals surface area contributed by atoms with Gasteiger partial charge in [0.1, 0.15) is 0 Å². The molecule has 0 unspecified atom stereocenters. The quantitative estimate of drug-likeness (QED) is 0.499. The number of rotatable bonds is 5. The van der Waals surface area contributed by atoms with E-state index in [0.29, 0.717) is 11.3 Å². The molecule has 0 saturated heterocycles. The van der Waals surface area contributed by atoms with Crippen LogP contribution in [0.4, 0.5) is 11.4 Å². The number of nitrogens with zero attached hydrogens (tertiary/aromatic N) is 2. The number of benzene rings is 2. The molecule has 2 aromatic carbocycles. The van der Waals surface area contributed by atoms with E-state index in [1.807, 2.05) is 0 Å². The van der Waals surface area contributed by atoms with Gasteiger partial charge in [-0.15, -0.1) is 0 Å². The van der Waals surface area contributed by atoms with Crippen molar-refractivity contribution in [3.8, 4) is 0 Å². The lowest BCUT2D eigenvalue weighted by Gasteiger charge is -2.03. The van der Waals surface area contributed by atoms with Crippen LogP contribution in [0.5, 0.6) is 0 Å². The number of nitrogens with one attached hydrogen (secondary N) is 1. The van der Waals surface area contributed by atoms with Crippen molar-refractivity contribution in [2.45, 2.75) is 0 Å². The zero-order chi connectivity index (χ0) is 16.1. The van der Waals surface area contributed by atoms with Crippen LogP contribution in [0.25, 0.3) is 0 Å². The molecule has 2 rings (SSSR count). The van der Waals surface area contributed by atoms with Gasteiger partial charge in [0.2, 0.25) is 0 Å². The standard InChI is InChI=1S/C14H10ClN3O4/c15-13-6-3-10(7-12(13)14(19)20)17-16-8-9-1-4-11(5-2-9)18(21)22/h1-8,17H,(H,19,20)/b16-8-. The molecule has 8 heteroatoms. The van der Waals surface area contributed by atoms with E-state index in [-0.39, 0.29) is 16.3 Å². The third kappa shape index (κ3) is 3.80. The van der Waals surface area contributed by atoms with E-state index in [4.69, 9.17) is 16.7 Å². The smallest absolute Gasteiger partial charge is 0.337 e. The van der Waals surface area contributed by atoms with Gasteiger partial charge < -0.3 is 5.11 Å². The van der Waals surface area contributed by atoms with Crippen molar-refractivity contribution >= 4 is 35.2 Å². The molecule has 2 aromatic rings. The lowest BCUT2D eigenvalue weighted by Crippen LogP contribution is -1.99. The SMILES string of the molecule is O=C(O)c1cc(N/N=C\c2ccc([N+](=O)[O-])cc2)ccc1Cl. The lowest BCUT2D eigenvalue weighted by molar-refractivity contribution is -0.384. The zero-order valence-corrected chi connectivity index (χ0v) is 11.8. The summed E-state index contributed by atoms with van der Waals surface area (Å²) in [6.07, 6.45) is 1.46.